The van der Waals surface area contributed by atoms with Crippen molar-refractivity contribution in [2.75, 3.05) is 0 Å². The second-order valence-electron chi connectivity index (χ2n) is 15.0. The zero-order chi connectivity index (χ0) is 39.3. The van der Waals surface area contributed by atoms with Crippen molar-refractivity contribution in [3.63, 3.8) is 0 Å². The van der Waals surface area contributed by atoms with Crippen molar-refractivity contribution >= 4 is 96.7 Å². The lowest BCUT2D eigenvalue weighted by molar-refractivity contribution is 1.07. The molecule has 0 amide bonds. The van der Waals surface area contributed by atoms with E-state index >= 15 is 0 Å². The molecule has 8 aromatic carbocycles. The number of benzene rings is 8. The van der Waals surface area contributed by atoms with Crippen LogP contribution in [0.2, 0.25) is 0 Å². The first-order valence-electron chi connectivity index (χ1n) is 19.9. The van der Waals surface area contributed by atoms with E-state index in [9.17, 15) is 0 Å². The second-order valence-corrected chi connectivity index (χ2v) is 17.1. The maximum absolute atomic E-state index is 5.33. The number of para-hydroxylation sites is 5. The van der Waals surface area contributed by atoms with Crippen LogP contribution in [0.1, 0.15) is 0 Å². The van der Waals surface area contributed by atoms with Gasteiger partial charge in [-0.25, -0.2) is 19.9 Å². The van der Waals surface area contributed by atoms with Gasteiger partial charge in [-0.3, -0.25) is 0 Å². The number of hydrogen-bond donors (Lipinski definition) is 0. The van der Waals surface area contributed by atoms with Crippen molar-refractivity contribution in [2.24, 2.45) is 0 Å². The van der Waals surface area contributed by atoms with Crippen LogP contribution in [0.25, 0.3) is 119 Å². The molecule has 0 fully saturated rings. The van der Waals surface area contributed by atoms with E-state index in [0.717, 1.165) is 58.8 Å². The molecule has 0 saturated carbocycles. The second kappa shape index (κ2) is 13.0. The lowest BCUT2D eigenvalue weighted by Crippen LogP contribution is -2.01. The van der Waals surface area contributed by atoms with E-state index in [0.29, 0.717) is 17.5 Å². The van der Waals surface area contributed by atoms with Crippen molar-refractivity contribution in [2.45, 2.75) is 0 Å². The third kappa shape index (κ3) is 4.98. The molecule has 13 aromatic rings. The van der Waals surface area contributed by atoms with Crippen LogP contribution in [0.3, 0.4) is 0 Å². The Balaban J connectivity index is 1.15. The van der Waals surface area contributed by atoms with Crippen molar-refractivity contribution in [1.82, 2.24) is 29.1 Å². The summed E-state index contributed by atoms with van der Waals surface area (Å²) in [6, 6.07) is 64.5. The molecule has 5 heterocycles. The molecule has 0 atom stereocenters. The molecular weight excluding hydrogens is 773 g/mol. The third-order valence-electron chi connectivity index (χ3n) is 11.6. The number of fused-ring (bicyclic) bond motifs is 10. The highest BCUT2D eigenvalue weighted by molar-refractivity contribution is 7.26. The van der Waals surface area contributed by atoms with Gasteiger partial charge in [-0.05, 0) is 54.6 Å². The van der Waals surface area contributed by atoms with E-state index < -0.39 is 0 Å². The van der Waals surface area contributed by atoms with Crippen molar-refractivity contribution in [1.29, 1.82) is 0 Å². The summed E-state index contributed by atoms with van der Waals surface area (Å²) in [4.78, 5) is 20.8. The molecule has 6 nitrogen and oxygen atoms in total. The lowest BCUT2D eigenvalue weighted by Gasteiger charge is -2.12. The number of aromatic nitrogens is 6. The molecule has 60 heavy (non-hydrogen) atoms. The van der Waals surface area contributed by atoms with Gasteiger partial charge in [0.05, 0.1) is 42.7 Å². The molecule has 0 N–H and O–H groups in total. The van der Waals surface area contributed by atoms with Crippen molar-refractivity contribution in [3.05, 3.63) is 182 Å². The van der Waals surface area contributed by atoms with Gasteiger partial charge in [0.25, 0.3) is 0 Å². The number of thiophene rings is 1. The Morgan fingerprint density at radius 1 is 0.367 bits per heavy atom. The minimum absolute atomic E-state index is 0.558. The molecule has 0 aliphatic carbocycles. The van der Waals surface area contributed by atoms with Gasteiger partial charge in [0, 0.05) is 53.8 Å². The molecule has 0 radical (unpaired) electrons. The summed E-state index contributed by atoms with van der Waals surface area (Å²) in [6.45, 7) is 0. The van der Waals surface area contributed by atoms with Crippen LogP contribution in [0.15, 0.2) is 182 Å². The Labute approximate surface area is 350 Å². The van der Waals surface area contributed by atoms with E-state index in [1.807, 2.05) is 36.4 Å². The van der Waals surface area contributed by atoms with Crippen LogP contribution >= 0.6 is 22.7 Å². The summed E-state index contributed by atoms with van der Waals surface area (Å²) in [7, 11) is 0. The predicted octanol–water partition coefficient (Wildman–Crippen LogP) is 14.0. The van der Waals surface area contributed by atoms with E-state index in [4.69, 9.17) is 19.9 Å². The zero-order valence-corrected chi connectivity index (χ0v) is 33.5. The maximum Gasteiger partial charge on any atom is 0.192 e. The van der Waals surface area contributed by atoms with Crippen LogP contribution in [-0.2, 0) is 0 Å². The van der Waals surface area contributed by atoms with E-state index in [-0.39, 0.29) is 0 Å². The Hall–Kier alpha value is -7.52. The standard InChI is InChI=1S/C52H30N6S2/c1-2-15-31(16-3-1)49-54-50(56-51(55-49)52-53-40-22-8-13-28-46(40)59-52)39-30-32(57-41-23-9-4-17-33(41)34-18-5-10-24-42(34)57)29-38-37-21-14-27-45(48(37)60-47(38)39)58-43-25-11-6-19-35(43)36-20-7-12-26-44(36)58/h1-30H. The molecule has 0 aliphatic heterocycles. The van der Waals surface area contributed by atoms with Gasteiger partial charge >= 0.3 is 0 Å². The van der Waals surface area contributed by atoms with Gasteiger partial charge in [-0.2, -0.15) is 0 Å². The third-order valence-corrected chi connectivity index (χ3v) is 13.9. The summed E-state index contributed by atoms with van der Waals surface area (Å²) in [5.41, 5.74) is 9.63. The highest BCUT2D eigenvalue weighted by Crippen LogP contribution is 2.46. The summed E-state index contributed by atoms with van der Waals surface area (Å²) < 4.78 is 8.22. The largest absolute Gasteiger partial charge is 0.309 e. The van der Waals surface area contributed by atoms with Crippen LogP contribution < -0.4 is 0 Å². The number of thiazole rings is 1. The van der Waals surface area contributed by atoms with E-state index in [2.05, 4.69) is 155 Å². The summed E-state index contributed by atoms with van der Waals surface area (Å²) in [6.07, 6.45) is 0. The Bertz CT molecular complexity index is 3710. The van der Waals surface area contributed by atoms with Crippen LogP contribution in [-0.4, -0.2) is 29.1 Å². The highest BCUT2D eigenvalue weighted by atomic mass is 32.1. The van der Waals surface area contributed by atoms with Crippen molar-refractivity contribution < 1.29 is 0 Å². The molecule has 0 aliphatic rings. The van der Waals surface area contributed by atoms with Gasteiger partial charge in [0.2, 0.25) is 0 Å². The number of rotatable bonds is 5. The predicted molar refractivity (Wildman–Crippen MR) is 251 cm³/mol. The molecule has 0 unspecified atom stereocenters. The van der Waals surface area contributed by atoms with Gasteiger partial charge in [0.15, 0.2) is 22.5 Å². The van der Waals surface area contributed by atoms with Crippen LogP contribution in [0.4, 0.5) is 0 Å². The van der Waals surface area contributed by atoms with Gasteiger partial charge in [0.1, 0.15) is 0 Å². The molecule has 8 heteroatoms. The molecule has 280 valence electrons. The SMILES string of the molecule is c1ccc(-c2nc(-c3nc4ccccc4s3)nc(-c3cc(-n4c5ccccc5c5ccccc54)cc4c3sc3c(-n5c6ccccc6c6ccccc65)cccc34)n2)cc1. The first-order valence-corrected chi connectivity index (χ1v) is 21.5. The van der Waals surface area contributed by atoms with Gasteiger partial charge in [-0.1, -0.05) is 127 Å². The molecule has 0 spiro atoms. The van der Waals surface area contributed by atoms with Crippen LogP contribution in [0.5, 0.6) is 0 Å². The fourth-order valence-corrected chi connectivity index (χ4v) is 11.2. The molecule has 0 bridgehead atoms. The number of nitrogens with zero attached hydrogens (tertiary/aromatic N) is 6. The smallest absolute Gasteiger partial charge is 0.192 e. The summed E-state index contributed by atoms with van der Waals surface area (Å²) in [5.74, 6) is 1.77. The first-order chi connectivity index (χ1) is 29.7. The fraction of sp³-hybridized carbons (Fsp3) is 0. The van der Waals surface area contributed by atoms with Crippen molar-refractivity contribution in [3.8, 4) is 45.0 Å². The summed E-state index contributed by atoms with van der Waals surface area (Å²) >= 11 is 3.41. The first kappa shape index (κ1) is 33.5. The van der Waals surface area contributed by atoms with E-state index in [1.54, 1.807) is 22.7 Å². The highest BCUT2D eigenvalue weighted by Gasteiger charge is 2.23. The van der Waals surface area contributed by atoms with Gasteiger partial charge < -0.3 is 9.13 Å². The monoisotopic (exact) mass is 802 g/mol. The average Bonchev–Trinajstić information content (AvgIpc) is 4.08. The quantitative estimate of drug-likeness (QED) is 0.174. The molecule has 5 aromatic heterocycles. The Morgan fingerprint density at radius 2 is 0.917 bits per heavy atom. The summed E-state index contributed by atoms with van der Waals surface area (Å²) in [5, 5.41) is 7.99. The Morgan fingerprint density at radius 3 is 1.58 bits per heavy atom. The number of hydrogen-bond acceptors (Lipinski definition) is 6. The maximum atomic E-state index is 5.33. The minimum atomic E-state index is 0.558. The lowest BCUT2D eigenvalue weighted by atomic mass is 10.1. The molecule has 13 rings (SSSR count). The average molecular weight is 803 g/mol. The Kier molecular flexibility index (Phi) is 7.24. The minimum Gasteiger partial charge on any atom is -0.309 e. The fourth-order valence-electron chi connectivity index (χ4n) is 9.00. The topological polar surface area (TPSA) is 61.4 Å². The normalized spacial score (nSPS) is 12.0. The molecule has 0 saturated heterocycles. The van der Waals surface area contributed by atoms with Crippen LogP contribution in [0, 0.1) is 0 Å². The molecular formula is C52H30N6S2. The van der Waals surface area contributed by atoms with Gasteiger partial charge in [-0.15, -0.1) is 22.7 Å². The zero-order valence-electron chi connectivity index (χ0n) is 31.8. The van der Waals surface area contributed by atoms with E-state index in [1.165, 1.54) is 42.7 Å².